The van der Waals surface area contributed by atoms with Crippen molar-refractivity contribution in [3.8, 4) is 0 Å². The van der Waals surface area contributed by atoms with Crippen LogP contribution in [-0.4, -0.2) is 62.3 Å². The van der Waals surface area contributed by atoms with Crippen molar-refractivity contribution in [1.29, 1.82) is 0 Å². The zero-order valence-electron chi connectivity index (χ0n) is 17.5. The van der Waals surface area contributed by atoms with E-state index < -0.39 is 10.0 Å². The third kappa shape index (κ3) is 4.26. The van der Waals surface area contributed by atoms with Gasteiger partial charge in [0, 0.05) is 44.5 Å². The Balaban J connectivity index is 1.41. The standard InChI is InChI=1S/C22H29N3O3S2/c1-17-6-3-8-20(14-17)25-12-11-23(15-18(25)2)22(26)19-7-4-10-24(16-19)30(27,28)21-9-5-13-29-21/h3,5-6,8-9,13-14,18-19H,4,7,10-12,15-16H2,1-2H3/t18-,19+/m1/s1. The number of benzene rings is 1. The summed E-state index contributed by atoms with van der Waals surface area (Å²) in [6.45, 7) is 7.14. The second kappa shape index (κ2) is 8.69. The van der Waals surface area contributed by atoms with Gasteiger partial charge in [-0.2, -0.15) is 4.31 Å². The van der Waals surface area contributed by atoms with Crippen molar-refractivity contribution >= 4 is 33.0 Å². The summed E-state index contributed by atoms with van der Waals surface area (Å²) in [4.78, 5) is 17.5. The largest absolute Gasteiger partial charge is 0.365 e. The van der Waals surface area contributed by atoms with E-state index in [1.165, 1.54) is 26.9 Å². The minimum atomic E-state index is -3.50. The average Bonchev–Trinajstić information content (AvgIpc) is 3.29. The molecule has 162 valence electrons. The number of piperazine rings is 1. The van der Waals surface area contributed by atoms with Crippen LogP contribution in [0.1, 0.15) is 25.3 Å². The van der Waals surface area contributed by atoms with Crippen LogP contribution in [-0.2, 0) is 14.8 Å². The molecule has 1 aromatic heterocycles. The number of carbonyl (C=O) groups excluding carboxylic acids is 1. The summed E-state index contributed by atoms with van der Waals surface area (Å²) in [5.74, 6) is -0.164. The smallest absolute Gasteiger partial charge is 0.252 e. The first-order valence-electron chi connectivity index (χ1n) is 10.5. The number of hydrogen-bond donors (Lipinski definition) is 0. The van der Waals surface area contributed by atoms with E-state index in [0.717, 1.165) is 19.4 Å². The van der Waals surface area contributed by atoms with Crippen molar-refractivity contribution in [2.45, 2.75) is 36.9 Å². The third-order valence-corrected chi connectivity index (χ3v) is 9.33. The predicted octanol–water partition coefficient (Wildman–Crippen LogP) is 3.19. The van der Waals surface area contributed by atoms with Crippen LogP contribution >= 0.6 is 11.3 Å². The summed E-state index contributed by atoms with van der Waals surface area (Å²) in [7, 11) is -3.50. The van der Waals surface area contributed by atoms with E-state index in [2.05, 4.69) is 43.0 Å². The van der Waals surface area contributed by atoms with Gasteiger partial charge in [-0.1, -0.05) is 18.2 Å². The highest BCUT2D eigenvalue weighted by atomic mass is 32.2. The van der Waals surface area contributed by atoms with Crippen molar-refractivity contribution in [3.05, 3.63) is 47.3 Å². The molecule has 2 aromatic rings. The van der Waals surface area contributed by atoms with Crippen LogP contribution in [0.5, 0.6) is 0 Å². The molecule has 30 heavy (non-hydrogen) atoms. The number of thiophene rings is 1. The van der Waals surface area contributed by atoms with Gasteiger partial charge in [0.1, 0.15) is 4.21 Å². The van der Waals surface area contributed by atoms with Crippen LogP contribution in [0.3, 0.4) is 0 Å². The maximum Gasteiger partial charge on any atom is 0.252 e. The van der Waals surface area contributed by atoms with Crippen LogP contribution < -0.4 is 4.90 Å². The van der Waals surface area contributed by atoms with Crippen LogP contribution in [0, 0.1) is 12.8 Å². The molecule has 8 heteroatoms. The Kier molecular flexibility index (Phi) is 6.18. The number of aryl methyl sites for hydroxylation is 1. The maximum absolute atomic E-state index is 13.2. The number of nitrogens with zero attached hydrogens (tertiary/aromatic N) is 3. The van der Waals surface area contributed by atoms with E-state index in [9.17, 15) is 13.2 Å². The molecule has 2 atom stereocenters. The van der Waals surface area contributed by atoms with Gasteiger partial charge in [0.05, 0.1) is 5.92 Å². The molecule has 3 heterocycles. The fourth-order valence-electron chi connectivity index (χ4n) is 4.51. The number of piperidine rings is 1. The third-order valence-electron chi connectivity index (χ3n) is 6.10. The molecule has 4 rings (SSSR count). The normalized spacial score (nSPS) is 23.5. The first-order valence-corrected chi connectivity index (χ1v) is 12.8. The minimum absolute atomic E-state index is 0.0943. The van der Waals surface area contributed by atoms with Crippen molar-refractivity contribution in [1.82, 2.24) is 9.21 Å². The zero-order valence-corrected chi connectivity index (χ0v) is 19.2. The Bertz CT molecular complexity index is 991. The highest BCUT2D eigenvalue weighted by Gasteiger charge is 2.37. The lowest BCUT2D eigenvalue weighted by Crippen LogP contribution is -2.56. The predicted molar refractivity (Wildman–Crippen MR) is 120 cm³/mol. The molecular formula is C22H29N3O3S2. The summed E-state index contributed by atoms with van der Waals surface area (Å²) in [5.41, 5.74) is 2.42. The summed E-state index contributed by atoms with van der Waals surface area (Å²) in [5, 5.41) is 1.77. The first kappa shape index (κ1) is 21.3. The molecule has 0 spiro atoms. The highest BCUT2D eigenvalue weighted by molar-refractivity contribution is 7.91. The molecule has 0 aliphatic carbocycles. The molecular weight excluding hydrogens is 418 g/mol. The number of sulfonamides is 1. The van der Waals surface area contributed by atoms with Crippen LogP contribution in [0.4, 0.5) is 5.69 Å². The summed E-state index contributed by atoms with van der Waals surface area (Å²) in [6, 6.07) is 12.1. The Labute approximate surface area is 183 Å². The second-order valence-electron chi connectivity index (χ2n) is 8.30. The number of amides is 1. The number of anilines is 1. The van der Waals surface area contributed by atoms with Gasteiger partial charge in [0.15, 0.2) is 0 Å². The molecule has 1 aromatic carbocycles. The lowest BCUT2D eigenvalue weighted by molar-refractivity contribution is -0.137. The SMILES string of the molecule is Cc1cccc(N2CCN(C(=O)[C@H]3CCCN(S(=O)(=O)c4cccs4)C3)C[C@H]2C)c1. The lowest BCUT2D eigenvalue weighted by atomic mass is 9.97. The fourth-order valence-corrected chi connectivity index (χ4v) is 7.17. The van der Waals surface area contributed by atoms with Gasteiger partial charge in [-0.25, -0.2) is 8.42 Å². The Hall–Kier alpha value is -1.90. The molecule has 2 aliphatic rings. The summed E-state index contributed by atoms with van der Waals surface area (Å²) >= 11 is 1.23. The van der Waals surface area contributed by atoms with E-state index in [1.54, 1.807) is 17.5 Å². The van der Waals surface area contributed by atoms with Gasteiger partial charge < -0.3 is 9.80 Å². The van der Waals surface area contributed by atoms with Crippen molar-refractivity contribution < 1.29 is 13.2 Å². The van der Waals surface area contributed by atoms with Crippen LogP contribution in [0.2, 0.25) is 0 Å². The molecule has 0 unspecified atom stereocenters. The fraction of sp³-hybridized carbons (Fsp3) is 0.500. The van der Waals surface area contributed by atoms with E-state index in [1.807, 2.05) is 4.90 Å². The molecule has 0 bridgehead atoms. The zero-order chi connectivity index (χ0) is 21.3. The van der Waals surface area contributed by atoms with Gasteiger partial charge in [-0.05, 0) is 55.8 Å². The molecule has 0 N–H and O–H groups in total. The molecule has 2 fully saturated rings. The summed E-state index contributed by atoms with van der Waals surface area (Å²) in [6.07, 6.45) is 1.47. The van der Waals surface area contributed by atoms with Crippen LogP contribution in [0.15, 0.2) is 46.0 Å². The topological polar surface area (TPSA) is 60.9 Å². The van der Waals surface area contributed by atoms with Crippen LogP contribution in [0.25, 0.3) is 0 Å². The summed E-state index contributed by atoms with van der Waals surface area (Å²) < 4.78 is 27.6. The van der Waals surface area contributed by atoms with E-state index in [0.29, 0.717) is 23.8 Å². The molecule has 0 saturated carbocycles. The van der Waals surface area contributed by atoms with Crippen molar-refractivity contribution in [3.63, 3.8) is 0 Å². The molecule has 2 saturated heterocycles. The van der Waals surface area contributed by atoms with Gasteiger partial charge >= 0.3 is 0 Å². The van der Waals surface area contributed by atoms with Crippen molar-refractivity contribution in [2.75, 3.05) is 37.6 Å². The molecule has 6 nitrogen and oxygen atoms in total. The monoisotopic (exact) mass is 447 g/mol. The van der Waals surface area contributed by atoms with E-state index >= 15 is 0 Å². The number of rotatable bonds is 4. The van der Waals surface area contributed by atoms with Gasteiger partial charge in [0.25, 0.3) is 10.0 Å². The molecule has 2 aliphatic heterocycles. The first-order chi connectivity index (χ1) is 14.4. The Morgan fingerprint density at radius 3 is 2.63 bits per heavy atom. The van der Waals surface area contributed by atoms with E-state index in [4.69, 9.17) is 0 Å². The number of hydrogen-bond acceptors (Lipinski definition) is 5. The Morgan fingerprint density at radius 2 is 1.93 bits per heavy atom. The lowest BCUT2D eigenvalue weighted by Gasteiger charge is -2.43. The van der Waals surface area contributed by atoms with Gasteiger partial charge in [-0.15, -0.1) is 11.3 Å². The quantitative estimate of drug-likeness (QED) is 0.722. The second-order valence-corrected chi connectivity index (χ2v) is 11.4. The average molecular weight is 448 g/mol. The van der Waals surface area contributed by atoms with Gasteiger partial charge in [0.2, 0.25) is 5.91 Å². The highest BCUT2D eigenvalue weighted by Crippen LogP contribution is 2.28. The minimum Gasteiger partial charge on any atom is -0.365 e. The number of carbonyl (C=O) groups is 1. The molecule has 1 amide bonds. The van der Waals surface area contributed by atoms with Crippen molar-refractivity contribution in [2.24, 2.45) is 5.92 Å². The van der Waals surface area contributed by atoms with Gasteiger partial charge in [-0.3, -0.25) is 4.79 Å². The van der Waals surface area contributed by atoms with E-state index in [-0.39, 0.29) is 24.4 Å². The molecule has 0 radical (unpaired) electrons. The maximum atomic E-state index is 13.2. The Morgan fingerprint density at radius 1 is 1.10 bits per heavy atom.